The molecule has 56 heavy (non-hydrogen) atoms. The third-order valence-corrected chi connectivity index (χ3v) is 12.1. The van der Waals surface area contributed by atoms with Gasteiger partial charge in [0.15, 0.2) is 0 Å². The van der Waals surface area contributed by atoms with E-state index in [-0.39, 0.29) is 0 Å². The zero-order valence-electron chi connectivity index (χ0n) is 32.1. The summed E-state index contributed by atoms with van der Waals surface area (Å²) < 4.78 is 24.8. The van der Waals surface area contributed by atoms with Gasteiger partial charge >= 0.3 is 0 Å². The lowest BCUT2D eigenvalue weighted by Crippen LogP contribution is -2.33. The van der Waals surface area contributed by atoms with Crippen molar-refractivity contribution in [3.8, 4) is 44.5 Å². The fourth-order valence-electron chi connectivity index (χ4n) is 8.40. The first-order chi connectivity index (χ1) is 27.4. The van der Waals surface area contributed by atoms with Crippen LogP contribution >= 0.6 is 0 Å². The lowest BCUT2D eigenvalue weighted by molar-refractivity contribution is 0.0421. The van der Waals surface area contributed by atoms with Crippen molar-refractivity contribution in [2.45, 2.75) is 22.4 Å². The molecule has 0 fully saturated rings. The van der Waals surface area contributed by atoms with Crippen LogP contribution in [0, 0.1) is 0 Å². The highest BCUT2D eigenvalue weighted by Crippen LogP contribution is 2.43. The second kappa shape index (κ2) is 14.0. The molecule has 6 aromatic carbocycles. The lowest BCUT2D eigenvalue weighted by atomic mass is 9.80. The molecule has 4 nitrogen and oxygen atoms in total. The molecule has 0 aromatic heterocycles. The number of benzene rings is 6. The lowest BCUT2D eigenvalue weighted by Gasteiger charge is -2.36. The standard InChI is InChI=1S/C52H44O4/c1-53-49-29-33-51(55-3,34-30-49)47-25-17-43(18-26-47)44-19-27-48(28-20-44)52(56-4)35-31-50(54-2,32-36-52)46-23-15-42(16-24-46)40-11-7-38(8-12-40)37-5-9-39(10-6-37)41-13-21-45(49)22-14-41/h5-36H,1-4H3. The zero-order chi connectivity index (χ0) is 38.4. The number of methoxy groups -OCH3 is 4. The van der Waals surface area contributed by atoms with E-state index in [2.05, 4.69) is 194 Å². The van der Waals surface area contributed by atoms with Crippen LogP contribution in [0.4, 0.5) is 0 Å². The van der Waals surface area contributed by atoms with Crippen LogP contribution in [0.1, 0.15) is 22.3 Å². The topological polar surface area (TPSA) is 36.9 Å². The fourth-order valence-corrected chi connectivity index (χ4v) is 8.40. The molecule has 6 aromatic rings. The molecule has 0 atom stereocenters. The molecule has 0 N–H and O–H groups in total. The van der Waals surface area contributed by atoms with Gasteiger partial charge in [0.1, 0.15) is 22.4 Å². The maximum absolute atomic E-state index is 6.20. The van der Waals surface area contributed by atoms with Gasteiger partial charge in [0.25, 0.3) is 0 Å². The van der Waals surface area contributed by atoms with Gasteiger partial charge in [0.05, 0.1) is 0 Å². The highest BCUT2D eigenvalue weighted by Gasteiger charge is 2.38. The molecule has 15 aliphatic rings. The minimum atomic E-state index is -0.727. The summed E-state index contributed by atoms with van der Waals surface area (Å²) in [5.41, 5.74) is 10.5. The van der Waals surface area contributed by atoms with Crippen molar-refractivity contribution >= 4 is 0 Å². The Hall–Kier alpha value is -5.88. The van der Waals surface area contributed by atoms with Gasteiger partial charge in [0.2, 0.25) is 0 Å². The van der Waals surface area contributed by atoms with Crippen LogP contribution in [0.3, 0.4) is 0 Å². The summed E-state index contributed by atoms with van der Waals surface area (Å²) >= 11 is 0. The Morgan fingerprint density at radius 2 is 0.339 bits per heavy atom. The van der Waals surface area contributed by atoms with Gasteiger partial charge in [0, 0.05) is 28.4 Å². The number of hydrogen-bond donors (Lipinski definition) is 0. The zero-order valence-corrected chi connectivity index (χ0v) is 32.1. The first-order valence-corrected chi connectivity index (χ1v) is 19.0. The van der Waals surface area contributed by atoms with Gasteiger partial charge in [-0.15, -0.1) is 0 Å². The minimum absolute atomic E-state index is 0.716. The van der Waals surface area contributed by atoms with Crippen molar-refractivity contribution in [2.75, 3.05) is 28.4 Å². The largest absolute Gasteiger partial charge is 0.365 e. The van der Waals surface area contributed by atoms with Crippen LogP contribution in [0.5, 0.6) is 0 Å². The predicted octanol–water partition coefficient (Wildman–Crippen LogP) is 11.7. The summed E-state index contributed by atoms with van der Waals surface area (Å²) in [5, 5.41) is 0. The fraction of sp³-hybridized carbons (Fsp3) is 0.154. The molecule has 0 spiro atoms. The van der Waals surface area contributed by atoms with E-state index < -0.39 is 22.4 Å². The van der Waals surface area contributed by atoms with Crippen LogP contribution < -0.4 is 0 Å². The average molecular weight is 733 g/mol. The van der Waals surface area contributed by atoms with Gasteiger partial charge < -0.3 is 18.9 Å². The van der Waals surface area contributed by atoms with E-state index in [4.69, 9.17) is 18.9 Å². The van der Waals surface area contributed by atoms with Crippen molar-refractivity contribution in [2.24, 2.45) is 0 Å². The van der Waals surface area contributed by atoms with Gasteiger partial charge in [-0.25, -0.2) is 0 Å². The summed E-state index contributed by atoms with van der Waals surface area (Å²) in [7, 11) is 7.00. The smallest absolute Gasteiger partial charge is 0.129 e. The normalized spacial score (nSPS) is 24.4. The summed E-state index contributed by atoms with van der Waals surface area (Å²) in [6, 6.07) is 52.0. The second-order valence-electron chi connectivity index (χ2n) is 14.8. The van der Waals surface area contributed by atoms with Crippen LogP contribution in [-0.2, 0) is 41.4 Å². The van der Waals surface area contributed by atoms with E-state index in [1.165, 1.54) is 11.1 Å². The SMILES string of the molecule is COC12C=CC(OC)(C=C1)c1ccc(cc1)-c1ccc(cc1)C1(OC)C=CC(OC)(C=C1)c1ccc(cc1)-c1ccc(cc1)-c1ccc(cc1)-c1ccc2cc1. The molecule has 4 heteroatoms. The molecule has 15 aliphatic carbocycles. The minimum Gasteiger partial charge on any atom is -0.365 e. The highest BCUT2D eigenvalue weighted by molar-refractivity contribution is 5.74. The Balaban J connectivity index is 1.11. The molecule has 21 rings (SSSR count). The third-order valence-electron chi connectivity index (χ3n) is 12.1. The second-order valence-corrected chi connectivity index (χ2v) is 14.8. The molecule has 276 valence electrons. The molecule has 0 radical (unpaired) electrons. The van der Waals surface area contributed by atoms with E-state index in [1.807, 2.05) is 0 Å². The molecule has 16 bridgehead atoms. The molecule has 0 saturated carbocycles. The number of ether oxygens (including phenoxy) is 4. The van der Waals surface area contributed by atoms with Crippen molar-refractivity contribution in [1.29, 1.82) is 0 Å². The Bertz CT molecular complexity index is 2260. The van der Waals surface area contributed by atoms with E-state index in [9.17, 15) is 0 Å². The van der Waals surface area contributed by atoms with Crippen LogP contribution in [0.15, 0.2) is 194 Å². The molecular weight excluding hydrogens is 689 g/mol. The summed E-state index contributed by atoms with van der Waals surface area (Å²) in [5.74, 6) is 0. The number of rotatable bonds is 4. The molecule has 0 aliphatic heterocycles. The van der Waals surface area contributed by atoms with Gasteiger partial charge in [-0.1, -0.05) is 146 Å². The molecule has 0 heterocycles. The molecule has 0 unspecified atom stereocenters. The monoisotopic (exact) mass is 732 g/mol. The van der Waals surface area contributed by atoms with E-state index in [0.717, 1.165) is 55.6 Å². The maximum atomic E-state index is 6.20. The first-order valence-electron chi connectivity index (χ1n) is 19.0. The third kappa shape index (κ3) is 5.94. The number of hydrogen-bond acceptors (Lipinski definition) is 4. The summed E-state index contributed by atoms with van der Waals surface area (Å²) in [4.78, 5) is 0. The first kappa shape index (κ1) is 35.8. The molecular formula is C52H44O4. The quantitative estimate of drug-likeness (QED) is 0.169. The Labute approximate surface area is 329 Å². The summed E-state index contributed by atoms with van der Waals surface area (Å²) in [6.45, 7) is 0. The molecule has 0 amide bonds. The highest BCUT2D eigenvalue weighted by atomic mass is 16.5. The van der Waals surface area contributed by atoms with Crippen molar-refractivity contribution < 1.29 is 18.9 Å². The maximum Gasteiger partial charge on any atom is 0.129 e. The Kier molecular flexibility index (Phi) is 8.95. The van der Waals surface area contributed by atoms with Gasteiger partial charge in [-0.3, -0.25) is 0 Å². The van der Waals surface area contributed by atoms with E-state index >= 15 is 0 Å². The van der Waals surface area contributed by atoms with Gasteiger partial charge in [-0.2, -0.15) is 0 Å². The van der Waals surface area contributed by atoms with Crippen molar-refractivity contribution in [3.63, 3.8) is 0 Å². The van der Waals surface area contributed by atoms with E-state index in [0.29, 0.717) is 0 Å². The van der Waals surface area contributed by atoms with E-state index in [1.54, 1.807) is 28.4 Å². The van der Waals surface area contributed by atoms with Crippen molar-refractivity contribution in [3.05, 3.63) is 216 Å². The van der Waals surface area contributed by atoms with Crippen molar-refractivity contribution in [1.82, 2.24) is 0 Å². The predicted molar refractivity (Wildman–Crippen MR) is 226 cm³/mol. The van der Waals surface area contributed by atoms with Crippen LogP contribution in [0.2, 0.25) is 0 Å². The van der Waals surface area contributed by atoms with Crippen LogP contribution in [0.25, 0.3) is 44.5 Å². The average Bonchev–Trinajstić information content (AvgIpc) is 3.29. The van der Waals surface area contributed by atoms with Gasteiger partial charge in [-0.05, 0) is 115 Å². The summed E-state index contributed by atoms with van der Waals surface area (Å²) in [6.07, 6.45) is 16.8. The van der Waals surface area contributed by atoms with Crippen LogP contribution in [-0.4, -0.2) is 28.4 Å². The Morgan fingerprint density at radius 1 is 0.214 bits per heavy atom. The molecule has 0 saturated heterocycles. The Morgan fingerprint density at radius 3 is 0.464 bits per heavy atom.